The summed E-state index contributed by atoms with van der Waals surface area (Å²) in [6.45, 7) is 6.40. The van der Waals surface area contributed by atoms with E-state index >= 15 is 0 Å². The highest BCUT2D eigenvalue weighted by atomic mass is 16.3. The van der Waals surface area contributed by atoms with Crippen LogP contribution in [0.1, 0.15) is 20.3 Å². The van der Waals surface area contributed by atoms with Crippen LogP contribution in [0.4, 0.5) is 0 Å². The summed E-state index contributed by atoms with van der Waals surface area (Å²) in [6.07, 6.45) is 0.733. The minimum atomic E-state index is -0.423. The summed E-state index contributed by atoms with van der Waals surface area (Å²) in [4.78, 5) is 13.6. The molecule has 0 aliphatic carbocycles. The zero-order valence-electron chi connectivity index (χ0n) is 8.34. The Bertz CT molecular complexity index is 192. The van der Waals surface area contributed by atoms with E-state index in [0.29, 0.717) is 6.54 Å². The number of carbonyl (C=O) groups is 1. The van der Waals surface area contributed by atoms with Gasteiger partial charge >= 0.3 is 0 Å². The van der Waals surface area contributed by atoms with Gasteiger partial charge in [0.15, 0.2) is 0 Å². The van der Waals surface area contributed by atoms with Crippen LogP contribution in [0.25, 0.3) is 0 Å². The molecular formula is C9H18N2O2. The molecule has 0 unspecified atom stereocenters. The summed E-state index contributed by atoms with van der Waals surface area (Å²) in [7, 11) is 0. The second-order valence-electron chi connectivity index (χ2n) is 3.88. The van der Waals surface area contributed by atoms with Crippen molar-refractivity contribution < 1.29 is 9.90 Å². The first-order valence-electron chi connectivity index (χ1n) is 4.73. The smallest absolute Gasteiger partial charge is 0.239 e. The lowest BCUT2D eigenvalue weighted by atomic mass is 9.99. The van der Waals surface area contributed by atoms with E-state index in [-0.39, 0.29) is 12.5 Å². The predicted octanol–water partition coefficient (Wildman–Crippen LogP) is -0.421. The molecule has 1 fully saturated rings. The number of hydrogen-bond acceptors (Lipinski definition) is 3. The molecule has 0 saturated carbocycles. The molecule has 0 aromatic carbocycles. The third-order valence-electron chi connectivity index (χ3n) is 2.60. The number of nitrogens with one attached hydrogen (secondary N) is 1. The molecule has 0 spiro atoms. The molecular weight excluding hydrogens is 168 g/mol. The minimum Gasteiger partial charge on any atom is -0.396 e. The Balaban J connectivity index is 2.55. The summed E-state index contributed by atoms with van der Waals surface area (Å²) in [5.41, 5.74) is -0.423. The maximum atomic E-state index is 11.5. The standard InChI is InChI=1S/C9H18N2O2/c1-9(2)8(13)10-4-6-11(9)5-3-7-12/h12H,3-7H2,1-2H3,(H,10,13). The number of amides is 1. The van der Waals surface area contributed by atoms with Gasteiger partial charge in [-0.05, 0) is 20.3 Å². The highest BCUT2D eigenvalue weighted by Gasteiger charge is 2.36. The number of hydrogen-bond donors (Lipinski definition) is 2. The minimum absolute atomic E-state index is 0.0803. The zero-order valence-corrected chi connectivity index (χ0v) is 8.34. The van der Waals surface area contributed by atoms with Crippen molar-refractivity contribution in [1.82, 2.24) is 10.2 Å². The molecule has 0 radical (unpaired) electrons. The van der Waals surface area contributed by atoms with Gasteiger partial charge in [0, 0.05) is 26.2 Å². The third kappa shape index (κ3) is 2.19. The molecule has 1 heterocycles. The largest absolute Gasteiger partial charge is 0.396 e. The summed E-state index contributed by atoms with van der Waals surface area (Å²) in [5.74, 6) is 0.0803. The van der Waals surface area contributed by atoms with Crippen LogP contribution in [0, 0.1) is 0 Å². The molecule has 2 N–H and O–H groups in total. The second-order valence-corrected chi connectivity index (χ2v) is 3.88. The highest BCUT2D eigenvalue weighted by molar-refractivity contribution is 5.86. The maximum absolute atomic E-state index is 11.5. The Morgan fingerprint density at radius 1 is 1.62 bits per heavy atom. The average Bonchev–Trinajstić information content (AvgIpc) is 2.08. The molecule has 76 valence electrons. The number of carbonyl (C=O) groups excluding carboxylic acids is 1. The first-order valence-corrected chi connectivity index (χ1v) is 4.73. The van der Waals surface area contributed by atoms with Crippen molar-refractivity contribution in [2.75, 3.05) is 26.2 Å². The molecule has 1 rings (SSSR count). The van der Waals surface area contributed by atoms with Gasteiger partial charge in [0.25, 0.3) is 0 Å². The number of aliphatic hydroxyl groups excluding tert-OH is 1. The Labute approximate surface area is 78.9 Å². The third-order valence-corrected chi connectivity index (χ3v) is 2.60. The van der Waals surface area contributed by atoms with E-state index in [1.807, 2.05) is 13.8 Å². The number of rotatable bonds is 3. The Kier molecular flexibility index (Phi) is 3.27. The molecule has 1 amide bonds. The van der Waals surface area contributed by atoms with Gasteiger partial charge in [0.2, 0.25) is 5.91 Å². The lowest BCUT2D eigenvalue weighted by Crippen LogP contribution is -2.61. The van der Waals surface area contributed by atoms with Crippen molar-refractivity contribution in [3.8, 4) is 0 Å². The Hall–Kier alpha value is -0.610. The molecule has 0 atom stereocenters. The van der Waals surface area contributed by atoms with Crippen molar-refractivity contribution in [2.24, 2.45) is 0 Å². The predicted molar refractivity (Wildman–Crippen MR) is 50.4 cm³/mol. The molecule has 1 saturated heterocycles. The summed E-state index contributed by atoms with van der Waals surface area (Å²) < 4.78 is 0. The van der Waals surface area contributed by atoms with Crippen molar-refractivity contribution in [2.45, 2.75) is 25.8 Å². The van der Waals surface area contributed by atoms with E-state index in [0.717, 1.165) is 19.5 Å². The van der Waals surface area contributed by atoms with Crippen LogP contribution in [0.5, 0.6) is 0 Å². The van der Waals surface area contributed by atoms with Gasteiger partial charge in [-0.1, -0.05) is 0 Å². The van der Waals surface area contributed by atoms with Crippen LogP contribution in [0.15, 0.2) is 0 Å². The highest BCUT2D eigenvalue weighted by Crippen LogP contribution is 2.17. The molecule has 0 aromatic rings. The van der Waals surface area contributed by atoms with Gasteiger partial charge < -0.3 is 10.4 Å². The van der Waals surface area contributed by atoms with Gasteiger partial charge in [-0.15, -0.1) is 0 Å². The zero-order chi connectivity index (χ0) is 9.90. The monoisotopic (exact) mass is 186 g/mol. The van der Waals surface area contributed by atoms with Crippen LogP contribution in [0.2, 0.25) is 0 Å². The van der Waals surface area contributed by atoms with Crippen molar-refractivity contribution in [3.63, 3.8) is 0 Å². The SMILES string of the molecule is CC1(C)C(=O)NCCN1CCCO. The molecule has 13 heavy (non-hydrogen) atoms. The van der Waals surface area contributed by atoms with E-state index in [2.05, 4.69) is 10.2 Å². The molecule has 4 nitrogen and oxygen atoms in total. The van der Waals surface area contributed by atoms with Crippen LogP contribution >= 0.6 is 0 Å². The average molecular weight is 186 g/mol. The van der Waals surface area contributed by atoms with Crippen LogP contribution in [0.3, 0.4) is 0 Å². The number of piperazine rings is 1. The Morgan fingerprint density at radius 2 is 2.31 bits per heavy atom. The summed E-state index contributed by atoms with van der Waals surface area (Å²) >= 11 is 0. The second kappa shape index (κ2) is 4.07. The van der Waals surface area contributed by atoms with Gasteiger partial charge in [-0.2, -0.15) is 0 Å². The number of nitrogens with zero attached hydrogens (tertiary/aromatic N) is 1. The van der Waals surface area contributed by atoms with E-state index in [1.165, 1.54) is 0 Å². The lowest BCUT2D eigenvalue weighted by molar-refractivity contribution is -0.135. The fourth-order valence-corrected chi connectivity index (χ4v) is 1.60. The number of aliphatic hydroxyl groups is 1. The summed E-state index contributed by atoms with van der Waals surface area (Å²) in [6, 6.07) is 0. The first-order chi connectivity index (χ1) is 6.09. The lowest BCUT2D eigenvalue weighted by Gasteiger charge is -2.41. The molecule has 0 aromatic heterocycles. The topological polar surface area (TPSA) is 52.6 Å². The fourth-order valence-electron chi connectivity index (χ4n) is 1.60. The van der Waals surface area contributed by atoms with Crippen molar-refractivity contribution in [1.29, 1.82) is 0 Å². The van der Waals surface area contributed by atoms with Crippen LogP contribution in [-0.2, 0) is 4.79 Å². The van der Waals surface area contributed by atoms with E-state index in [4.69, 9.17) is 5.11 Å². The first kappa shape index (κ1) is 10.5. The van der Waals surface area contributed by atoms with Crippen molar-refractivity contribution in [3.05, 3.63) is 0 Å². The van der Waals surface area contributed by atoms with Crippen LogP contribution < -0.4 is 5.32 Å². The molecule has 4 heteroatoms. The van der Waals surface area contributed by atoms with Gasteiger partial charge in [-0.25, -0.2) is 0 Å². The molecule has 0 bridgehead atoms. The fraction of sp³-hybridized carbons (Fsp3) is 0.889. The Morgan fingerprint density at radius 3 is 2.92 bits per heavy atom. The van der Waals surface area contributed by atoms with E-state index < -0.39 is 5.54 Å². The maximum Gasteiger partial charge on any atom is 0.239 e. The van der Waals surface area contributed by atoms with Gasteiger partial charge in [0.05, 0.1) is 5.54 Å². The van der Waals surface area contributed by atoms with Gasteiger partial charge in [0.1, 0.15) is 0 Å². The van der Waals surface area contributed by atoms with Crippen LogP contribution in [-0.4, -0.2) is 47.7 Å². The normalized spacial score (nSPS) is 22.8. The van der Waals surface area contributed by atoms with Gasteiger partial charge in [-0.3, -0.25) is 9.69 Å². The molecule has 1 aliphatic heterocycles. The summed E-state index contributed by atoms with van der Waals surface area (Å²) in [5, 5.41) is 11.5. The quantitative estimate of drug-likeness (QED) is 0.629. The molecule has 1 aliphatic rings. The van der Waals surface area contributed by atoms with E-state index in [1.54, 1.807) is 0 Å². The van der Waals surface area contributed by atoms with E-state index in [9.17, 15) is 4.79 Å². The van der Waals surface area contributed by atoms with Crippen molar-refractivity contribution >= 4 is 5.91 Å².